The number of anilines is 1. The molecule has 28 heavy (non-hydrogen) atoms. The Morgan fingerprint density at radius 3 is 2.21 bits per heavy atom. The van der Waals surface area contributed by atoms with Crippen LogP contribution in [0.15, 0.2) is 48.5 Å². The second kappa shape index (κ2) is 8.21. The molecule has 146 valence electrons. The fourth-order valence-corrected chi connectivity index (χ4v) is 3.53. The van der Waals surface area contributed by atoms with Crippen LogP contribution in [-0.4, -0.2) is 17.7 Å². The normalized spacial score (nSPS) is 10.6. The molecule has 0 aliphatic heterocycles. The summed E-state index contributed by atoms with van der Waals surface area (Å²) in [5.74, 6) is 0.830. The second-order valence-electron chi connectivity index (χ2n) is 7.11. The van der Waals surface area contributed by atoms with Crippen LogP contribution in [-0.2, 0) is 6.54 Å². The van der Waals surface area contributed by atoms with Crippen LogP contribution in [0.1, 0.15) is 28.1 Å². The Morgan fingerprint density at radius 2 is 1.61 bits per heavy atom. The maximum Gasteiger partial charge on any atom is 0.319 e. The number of ether oxygens (including phenoxy) is 1. The average molecular weight is 377 g/mol. The van der Waals surface area contributed by atoms with E-state index in [1.54, 1.807) is 7.11 Å². The minimum absolute atomic E-state index is 0.209. The van der Waals surface area contributed by atoms with Crippen molar-refractivity contribution in [3.8, 4) is 11.4 Å². The average Bonchev–Trinajstić information content (AvgIpc) is 2.93. The van der Waals surface area contributed by atoms with Crippen molar-refractivity contribution in [2.45, 2.75) is 34.2 Å². The molecule has 0 spiro atoms. The maximum atomic E-state index is 12.3. The summed E-state index contributed by atoms with van der Waals surface area (Å²) in [6.07, 6.45) is 0. The van der Waals surface area contributed by atoms with Gasteiger partial charge in [0.25, 0.3) is 0 Å². The molecule has 0 fully saturated rings. The van der Waals surface area contributed by atoms with E-state index in [1.165, 1.54) is 0 Å². The zero-order chi connectivity index (χ0) is 20.3. The molecule has 0 aliphatic carbocycles. The van der Waals surface area contributed by atoms with Gasteiger partial charge in [0.15, 0.2) is 0 Å². The van der Waals surface area contributed by atoms with Crippen molar-refractivity contribution in [2.24, 2.45) is 0 Å². The van der Waals surface area contributed by atoms with Crippen molar-refractivity contribution < 1.29 is 9.53 Å². The van der Waals surface area contributed by atoms with E-state index in [0.717, 1.165) is 45.2 Å². The molecule has 3 aromatic rings. The van der Waals surface area contributed by atoms with Gasteiger partial charge in [0.1, 0.15) is 5.75 Å². The summed E-state index contributed by atoms with van der Waals surface area (Å²) >= 11 is 0. The second-order valence-corrected chi connectivity index (χ2v) is 7.11. The van der Waals surface area contributed by atoms with Gasteiger partial charge in [-0.05, 0) is 86.8 Å². The summed E-state index contributed by atoms with van der Waals surface area (Å²) in [6, 6.07) is 15.9. The van der Waals surface area contributed by atoms with Gasteiger partial charge < -0.3 is 19.9 Å². The highest BCUT2D eigenvalue weighted by atomic mass is 16.5. The largest absolute Gasteiger partial charge is 0.497 e. The van der Waals surface area contributed by atoms with Gasteiger partial charge in [-0.25, -0.2) is 4.79 Å². The number of benzene rings is 2. The van der Waals surface area contributed by atoms with Crippen LogP contribution in [0.5, 0.6) is 5.75 Å². The Labute approximate surface area is 166 Å². The molecule has 0 bridgehead atoms. The molecule has 5 heteroatoms. The highest BCUT2D eigenvalue weighted by Gasteiger charge is 2.12. The van der Waals surface area contributed by atoms with Gasteiger partial charge in [-0.1, -0.05) is 6.07 Å². The summed E-state index contributed by atoms with van der Waals surface area (Å²) in [5.41, 5.74) is 7.43. The topological polar surface area (TPSA) is 55.3 Å². The molecule has 0 radical (unpaired) electrons. The third-order valence-electron chi connectivity index (χ3n) is 4.79. The number of urea groups is 1. The van der Waals surface area contributed by atoms with Crippen LogP contribution in [0, 0.1) is 27.7 Å². The number of aryl methyl sites for hydroxylation is 3. The number of hydrogen-bond donors (Lipinski definition) is 2. The Balaban J connectivity index is 1.70. The number of amides is 2. The van der Waals surface area contributed by atoms with Crippen molar-refractivity contribution in [3.05, 3.63) is 76.6 Å². The molecule has 1 heterocycles. The SMILES string of the molecule is COc1ccc(-n2c(C)cc(CNC(=O)Nc3cc(C)cc(C)c3)c2C)cc1. The monoisotopic (exact) mass is 377 g/mol. The zero-order valence-electron chi connectivity index (χ0n) is 17.1. The maximum absolute atomic E-state index is 12.3. The quantitative estimate of drug-likeness (QED) is 0.654. The Morgan fingerprint density at radius 1 is 0.964 bits per heavy atom. The van der Waals surface area contributed by atoms with Crippen LogP contribution in [0.3, 0.4) is 0 Å². The minimum atomic E-state index is -0.209. The molecule has 2 N–H and O–H groups in total. The minimum Gasteiger partial charge on any atom is -0.497 e. The molecular weight excluding hydrogens is 350 g/mol. The lowest BCUT2D eigenvalue weighted by molar-refractivity contribution is 0.251. The lowest BCUT2D eigenvalue weighted by Crippen LogP contribution is -2.28. The van der Waals surface area contributed by atoms with Crippen LogP contribution in [0.2, 0.25) is 0 Å². The van der Waals surface area contributed by atoms with E-state index in [9.17, 15) is 4.79 Å². The van der Waals surface area contributed by atoms with Gasteiger partial charge in [-0.3, -0.25) is 0 Å². The Kier molecular flexibility index (Phi) is 5.73. The van der Waals surface area contributed by atoms with Gasteiger partial charge in [0, 0.05) is 29.3 Å². The van der Waals surface area contributed by atoms with E-state index in [2.05, 4.69) is 41.2 Å². The molecule has 2 amide bonds. The molecule has 0 aliphatic rings. The molecule has 5 nitrogen and oxygen atoms in total. The highest BCUT2D eigenvalue weighted by Crippen LogP contribution is 2.23. The molecule has 2 aromatic carbocycles. The lowest BCUT2D eigenvalue weighted by Gasteiger charge is -2.12. The van der Waals surface area contributed by atoms with Crippen molar-refractivity contribution in [2.75, 3.05) is 12.4 Å². The number of carbonyl (C=O) groups is 1. The first-order chi connectivity index (χ1) is 13.4. The number of carbonyl (C=O) groups excluding carboxylic acids is 1. The van der Waals surface area contributed by atoms with Crippen molar-refractivity contribution >= 4 is 11.7 Å². The fraction of sp³-hybridized carbons (Fsp3) is 0.261. The standard InChI is InChI=1S/C23H27N3O2/c1-15-10-16(2)12-20(11-15)25-23(27)24-14-19-13-17(3)26(18(19)4)21-6-8-22(28-5)9-7-21/h6-13H,14H2,1-5H3,(H2,24,25,27). The molecular formula is C23H27N3O2. The van der Waals surface area contributed by atoms with Gasteiger partial charge in [0.05, 0.1) is 7.11 Å². The van der Waals surface area contributed by atoms with Gasteiger partial charge in [-0.15, -0.1) is 0 Å². The molecule has 0 unspecified atom stereocenters. The summed E-state index contributed by atoms with van der Waals surface area (Å²) in [7, 11) is 1.66. The predicted octanol–water partition coefficient (Wildman–Crippen LogP) is 5.04. The van der Waals surface area contributed by atoms with E-state index in [1.807, 2.05) is 50.2 Å². The van der Waals surface area contributed by atoms with Gasteiger partial charge in [0.2, 0.25) is 0 Å². The van der Waals surface area contributed by atoms with E-state index >= 15 is 0 Å². The van der Waals surface area contributed by atoms with Crippen LogP contribution in [0.25, 0.3) is 5.69 Å². The zero-order valence-corrected chi connectivity index (χ0v) is 17.1. The van der Waals surface area contributed by atoms with Crippen LogP contribution >= 0.6 is 0 Å². The van der Waals surface area contributed by atoms with Crippen LogP contribution < -0.4 is 15.4 Å². The molecule has 0 saturated heterocycles. The number of nitrogens with one attached hydrogen (secondary N) is 2. The van der Waals surface area contributed by atoms with Crippen molar-refractivity contribution in [3.63, 3.8) is 0 Å². The van der Waals surface area contributed by atoms with Crippen LogP contribution in [0.4, 0.5) is 10.5 Å². The predicted molar refractivity (Wildman–Crippen MR) is 114 cm³/mol. The number of nitrogens with zero attached hydrogens (tertiary/aromatic N) is 1. The molecule has 3 rings (SSSR count). The number of hydrogen-bond acceptors (Lipinski definition) is 2. The van der Waals surface area contributed by atoms with E-state index in [0.29, 0.717) is 6.54 Å². The third-order valence-corrected chi connectivity index (χ3v) is 4.79. The molecule has 0 saturated carbocycles. The highest BCUT2D eigenvalue weighted by molar-refractivity contribution is 5.89. The number of aromatic nitrogens is 1. The van der Waals surface area contributed by atoms with E-state index < -0.39 is 0 Å². The summed E-state index contributed by atoms with van der Waals surface area (Å²) in [4.78, 5) is 12.3. The fourth-order valence-electron chi connectivity index (χ4n) is 3.53. The third kappa shape index (κ3) is 4.36. The summed E-state index contributed by atoms with van der Waals surface area (Å²) in [5, 5.41) is 5.86. The smallest absolute Gasteiger partial charge is 0.319 e. The Bertz CT molecular complexity index is 968. The lowest BCUT2D eigenvalue weighted by atomic mass is 10.1. The first-order valence-electron chi connectivity index (χ1n) is 9.33. The molecule has 1 aromatic heterocycles. The first kappa shape index (κ1) is 19.5. The van der Waals surface area contributed by atoms with Gasteiger partial charge in [-0.2, -0.15) is 0 Å². The number of rotatable bonds is 5. The van der Waals surface area contributed by atoms with E-state index in [-0.39, 0.29) is 6.03 Å². The van der Waals surface area contributed by atoms with Gasteiger partial charge >= 0.3 is 6.03 Å². The summed E-state index contributed by atoms with van der Waals surface area (Å²) in [6.45, 7) is 8.63. The molecule has 0 atom stereocenters. The van der Waals surface area contributed by atoms with Crippen molar-refractivity contribution in [1.29, 1.82) is 0 Å². The summed E-state index contributed by atoms with van der Waals surface area (Å²) < 4.78 is 7.41. The number of methoxy groups -OCH3 is 1. The van der Waals surface area contributed by atoms with E-state index in [4.69, 9.17) is 4.74 Å². The Hall–Kier alpha value is -3.21. The first-order valence-corrected chi connectivity index (χ1v) is 9.33. The van der Waals surface area contributed by atoms with Crippen molar-refractivity contribution in [1.82, 2.24) is 9.88 Å².